The third-order valence-corrected chi connectivity index (χ3v) is 2.32. The number of hydrogen-bond donors (Lipinski definition) is 1. The molecule has 1 aromatic heterocycles. The molecule has 0 unspecified atom stereocenters. The van der Waals surface area contributed by atoms with E-state index in [1.54, 1.807) is 0 Å². The van der Waals surface area contributed by atoms with Gasteiger partial charge in [0.2, 0.25) is 5.82 Å². The summed E-state index contributed by atoms with van der Waals surface area (Å²) in [5, 5.41) is 10.9. The fraction of sp³-hybridized carbons (Fsp3) is 0.636. The Morgan fingerprint density at radius 3 is 2.61 bits per heavy atom. The van der Waals surface area contributed by atoms with Crippen molar-refractivity contribution >= 4 is 11.5 Å². The second-order valence-electron chi connectivity index (χ2n) is 3.89. The molecular formula is C11H18N4O3. The van der Waals surface area contributed by atoms with E-state index in [0.717, 1.165) is 19.3 Å². The zero-order valence-electron chi connectivity index (χ0n) is 10.7. The molecule has 1 aromatic rings. The van der Waals surface area contributed by atoms with Crippen molar-refractivity contribution in [3.8, 4) is 5.88 Å². The number of unbranched alkanes of at least 4 members (excludes halogenated alkanes) is 1. The van der Waals surface area contributed by atoms with Gasteiger partial charge in [-0.2, -0.15) is 4.98 Å². The van der Waals surface area contributed by atoms with Crippen molar-refractivity contribution in [1.82, 2.24) is 9.97 Å². The molecule has 0 spiro atoms. The van der Waals surface area contributed by atoms with Gasteiger partial charge in [0.1, 0.15) is 5.82 Å². The highest BCUT2D eigenvalue weighted by Crippen LogP contribution is 2.30. The largest absolute Gasteiger partial charge is 0.473 e. The van der Waals surface area contributed by atoms with Crippen molar-refractivity contribution in [2.24, 2.45) is 0 Å². The molecule has 0 atom stereocenters. The first kappa shape index (κ1) is 14.1. The van der Waals surface area contributed by atoms with Crippen molar-refractivity contribution in [2.45, 2.75) is 39.5 Å². The number of nitro groups is 1. The number of aromatic nitrogens is 2. The van der Waals surface area contributed by atoms with Crippen molar-refractivity contribution in [3.05, 3.63) is 15.9 Å². The number of rotatable bonds is 7. The summed E-state index contributed by atoms with van der Waals surface area (Å²) in [6.45, 7) is 4.37. The summed E-state index contributed by atoms with van der Waals surface area (Å²) in [6, 6.07) is 0. The number of nitrogens with zero attached hydrogens (tertiary/aromatic N) is 3. The molecule has 2 N–H and O–H groups in total. The minimum Gasteiger partial charge on any atom is -0.473 e. The Hall–Kier alpha value is -1.92. The van der Waals surface area contributed by atoms with Gasteiger partial charge in [0, 0.05) is 6.42 Å². The van der Waals surface area contributed by atoms with Gasteiger partial charge in [-0.1, -0.05) is 20.3 Å². The lowest BCUT2D eigenvalue weighted by Crippen LogP contribution is -2.09. The predicted molar refractivity (Wildman–Crippen MR) is 67.5 cm³/mol. The molecule has 0 amide bonds. The molecule has 0 aliphatic heterocycles. The molecule has 7 nitrogen and oxygen atoms in total. The van der Waals surface area contributed by atoms with Crippen molar-refractivity contribution in [3.63, 3.8) is 0 Å². The Morgan fingerprint density at radius 1 is 1.33 bits per heavy atom. The Morgan fingerprint density at radius 2 is 2.06 bits per heavy atom. The van der Waals surface area contributed by atoms with Crippen LogP contribution in [0.4, 0.5) is 11.5 Å². The molecule has 0 saturated carbocycles. The van der Waals surface area contributed by atoms with E-state index in [1.165, 1.54) is 0 Å². The molecule has 0 saturated heterocycles. The molecule has 7 heteroatoms. The van der Waals surface area contributed by atoms with Gasteiger partial charge in [0.05, 0.1) is 11.5 Å². The van der Waals surface area contributed by atoms with Gasteiger partial charge in [-0.15, -0.1) is 0 Å². The van der Waals surface area contributed by atoms with Crippen LogP contribution in [-0.4, -0.2) is 21.5 Å². The van der Waals surface area contributed by atoms with Crippen LogP contribution in [-0.2, 0) is 6.42 Å². The first-order valence-electron chi connectivity index (χ1n) is 6.03. The summed E-state index contributed by atoms with van der Waals surface area (Å²) in [6.07, 6.45) is 3.21. The maximum atomic E-state index is 10.9. The number of anilines is 1. The number of aryl methyl sites for hydroxylation is 1. The second-order valence-corrected chi connectivity index (χ2v) is 3.89. The minimum atomic E-state index is -0.605. The molecule has 18 heavy (non-hydrogen) atoms. The third-order valence-electron chi connectivity index (χ3n) is 2.32. The molecule has 0 aliphatic rings. The van der Waals surface area contributed by atoms with Gasteiger partial charge in [-0.05, 0) is 12.8 Å². The highest BCUT2D eigenvalue weighted by atomic mass is 16.6. The minimum absolute atomic E-state index is 0.0237. The van der Waals surface area contributed by atoms with Crippen LogP contribution in [0, 0.1) is 10.1 Å². The molecular weight excluding hydrogens is 236 g/mol. The van der Waals surface area contributed by atoms with Crippen LogP contribution in [0.15, 0.2) is 0 Å². The molecule has 0 aromatic carbocycles. The van der Waals surface area contributed by atoms with Crippen molar-refractivity contribution in [2.75, 3.05) is 12.3 Å². The molecule has 0 radical (unpaired) electrons. The Labute approximate surface area is 106 Å². The molecule has 0 fully saturated rings. The monoisotopic (exact) mass is 254 g/mol. The van der Waals surface area contributed by atoms with Crippen molar-refractivity contribution in [1.29, 1.82) is 0 Å². The topological polar surface area (TPSA) is 104 Å². The van der Waals surface area contributed by atoms with Gasteiger partial charge in [-0.25, -0.2) is 4.98 Å². The van der Waals surface area contributed by atoms with Gasteiger partial charge < -0.3 is 10.5 Å². The van der Waals surface area contributed by atoms with Crippen LogP contribution in [0.25, 0.3) is 0 Å². The maximum Gasteiger partial charge on any atom is 0.372 e. The summed E-state index contributed by atoms with van der Waals surface area (Å²) in [4.78, 5) is 18.3. The fourth-order valence-electron chi connectivity index (χ4n) is 1.42. The Kier molecular flexibility index (Phi) is 5.29. The quantitative estimate of drug-likeness (QED) is 0.454. The van der Waals surface area contributed by atoms with Crippen molar-refractivity contribution < 1.29 is 9.66 Å². The summed E-state index contributed by atoms with van der Waals surface area (Å²) in [7, 11) is 0. The van der Waals surface area contributed by atoms with E-state index in [9.17, 15) is 10.1 Å². The number of ether oxygens (including phenoxy) is 1. The summed E-state index contributed by atoms with van der Waals surface area (Å²) < 4.78 is 5.33. The van der Waals surface area contributed by atoms with Crippen LogP contribution in [0.3, 0.4) is 0 Å². The van der Waals surface area contributed by atoms with Crippen LogP contribution < -0.4 is 10.5 Å². The standard InChI is InChI=1S/C11H18N4O3/c1-3-5-7-18-11-9(15(16)17)10(12)13-8(14-11)6-4-2/h3-7H2,1-2H3,(H2,12,13,14). The van der Waals surface area contributed by atoms with E-state index in [4.69, 9.17) is 10.5 Å². The zero-order chi connectivity index (χ0) is 13.5. The highest BCUT2D eigenvalue weighted by molar-refractivity contribution is 5.58. The molecule has 100 valence electrons. The normalized spacial score (nSPS) is 10.3. The lowest BCUT2D eigenvalue weighted by atomic mass is 10.3. The van der Waals surface area contributed by atoms with Crippen LogP contribution in [0.5, 0.6) is 5.88 Å². The van der Waals surface area contributed by atoms with E-state index in [0.29, 0.717) is 18.9 Å². The number of nitrogens with two attached hydrogens (primary N) is 1. The first-order valence-corrected chi connectivity index (χ1v) is 6.03. The molecule has 0 aliphatic carbocycles. The van der Waals surface area contributed by atoms with Gasteiger partial charge in [0.15, 0.2) is 0 Å². The van der Waals surface area contributed by atoms with Crippen LogP contribution in [0.2, 0.25) is 0 Å². The van der Waals surface area contributed by atoms with Crippen LogP contribution >= 0.6 is 0 Å². The molecule has 1 rings (SSSR count). The molecule has 1 heterocycles. The SMILES string of the molecule is CCCCOc1nc(CCC)nc(N)c1[N+](=O)[O-]. The third kappa shape index (κ3) is 3.54. The maximum absolute atomic E-state index is 10.9. The predicted octanol–water partition coefficient (Wildman–Crippen LogP) is 2.10. The van der Waals surface area contributed by atoms with Gasteiger partial charge in [0.25, 0.3) is 5.88 Å². The van der Waals surface area contributed by atoms with Gasteiger partial charge >= 0.3 is 5.69 Å². The van der Waals surface area contributed by atoms with Gasteiger partial charge in [-0.3, -0.25) is 10.1 Å². The highest BCUT2D eigenvalue weighted by Gasteiger charge is 2.24. The summed E-state index contributed by atoms with van der Waals surface area (Å²) in [5.74, 6) is 0.321. The van der Waals surface area contributed by atoms with E-state index >= 15 is 0 Å². The average molecular weight is 254 g/mol. The Balaban J connectivity index is 3.03. The fourth-order valence-corrected chi connectivity index (χ4v) is 1.42. The average Bonchev–Trinajstić information content (AvgIpc) is 2.28. The first-order chi connectivity index (χ1) is 8.60. The number of hydrogen-bond acceptors (Lipinski definition) is 6. The molecule has 0 bridgehead atoms. The second kappa shape index (κ2) is 6.73. The number of nitrogen functional groups attached to an aromatic ring is 1. The summed E-state index contributed by atoms with van der Waals surface area (Å²) >= 11 is 0. The lowest BCUT2D eigenvalue weighted by molar-refractivity contribution is -0.385. The van der Waals surface area contributed by atoms with Crippen LogP contribution in [0.1, 0.15) is 38.9 Å². The van der Waals surface area contributed by atoms with E-state index in [1.807, 2.05) is 13.8 Å². The smallest absolute Gasteiger partial charge is 0.372 e. The Bertz CT molecular complexity index is 423. The van der Waals surface area contributed by atoms with E-state index in [2.05, 4.69) is 9.97 Å². The zero-order valence-corrected chi connectivity index (χ0v) is 10.7. The van der Waals surface area contributed by atoms with E-state index in [-0.39, 0.29) is 17.4 Å². The lowest BCUT2D eigenvalue weighted by Gasteiger charge is -2.08. The van der Waals surface area contributed by atoms with E-state index < -0.39 is 4.92 Å². The summed E-state index contributed by atoms with van der Waals surface area (Å²) in [5.41, 5.74) is 5.24.